The Bertz CT molecular complexity index is 620. The lowest BCUT2D eigenvalue weighted by molar-refractivity contribution is -0.872. The largest absolute Gasteiger partial charge is 0.358 e. The van der Waals surface area contributed by atoms with Crippen molar-refractivity contribution in [1.82, 2.24) is 5.32 Å². The highest BCUT2D eigenvalue weighted by atomic mass is 32.1. The summed E-state index contributed by atoms with van der Waals surface area (Å²) in [5.74, 6) is 0. The Labute approximate surface area is 138 Å². The highest BCUT2D eigenvalue weighted by molar-refractivity contribution is 7.80. The molecule has 2 aromatic carbocycles. The van der Waals surface area contributed by atoms with Crippen molar-refractivity contribution >= 4 is 23.0 Å². The maximum atomic E-state index is 5.35. The molecule has 116 valence electrons. The quantitative estimate of drug-likeness (QED) is 0.739. The van der Waals surface area contributed by atoms with Crippen molar-refractivity contribution in [2.24, 2.45) is 0 Å². The molecule has 0 atom stereocenters. The molecule has 3 N–H and O–H groups in total. The van der Waals surface area contributed by atoms with E-state index in [1.54, 1.807) is 0 Å². The standard InChI is InChI=1S/C18H23N3S/c1-14-6-4-5-7-17(14)20-18(22)19-12-15-8-10-16(11-9-15)13-21(2)3/h4-11H,12-13H2,1-3H3,(H2,19,20,22)/p+1. The van der Waals surface area contributed by atoms with Gasteiger partial charge in [-0.3, -0.25) is 0 Å². The van der Waals surface area contributed by atoms with Crippen molar-refractivity contribution in [3.8, 4) is 0 Å². The van der Waals surface area contributed by atoms with Crippen LogP contribution in [0.2, 0.25) is 0 Å². The molecule has 0 spiro atoms. The van der Waals surface area contributed by atoms with Crippen LogP contribution in [-0.4, -0.2) is 19.2 Å². The van der Waals surface area contributed by atoms with Gasteiger partial charge in [0.1, 0.15) is 6.54 Å². The molecular formula is C18H24N3S+. The Morgan fingerprint density at radius 3 is 2.27 bits per heavy atom. The number of nitrogens with one attached hydrogen (secondary N) is 3. The van der Waals surface area contributed by atoms with E-state index in [1.165, 1.54) is 21.6 Å². The lowest BCUT2D eigenvalue weighted by Gasteiger charge is -2.13. The molecule has 0 saturated carbocycles. The lowest BCUT2D eigenvalue weighted by Crippen LogP contribution is -3.04. The zero-order chi connectivity index (χ0) is 15.9. The van der Waals surface area contributed by atoms with Gasteiger partial charge < -0.3 is 15.5 Å². The summed E-state index contributed by atoms with van der Waals surface area (Å²) in [7, 11) is 4.32. The summed E-state index contributed by atoms with van der Waals surface area (Å²) in [5.41, 5.74) is 4.81. The fourth-order valence-corrected chi connectivity index (χ4v) is 2.43. The van der Waals surface area contributed by atoms with E-state index >= 15 is 0 Å². The van der Waals surface area contributed by atoms with E-state index in [1.807, 2.05) is 18.2 Å². The number of thiocarbonyl (C=S) groups is 1. The van der Waals surface area contributed by atoms with Crippen LogP contribution < -0.4 is 15.5 Å². The van der Waals surface area contributed by atoms with E-state index in [9.17, 15) is 0 Å². The van der Waals surface area contributed by atoms with E-state index in [4.69, 9.17) is 12.2 Å². The van der Waals surface area contributed by atoms with Crippen LogP contribution in [0.4, 0.5) is 5.69 Å². The van der Waals surface area contributed by atoms with Gasteiger partial charge in [-0.1, -0.05) is 42.5 Å². The summed E-state index contributed by atoms with van der Waals surface area (Å²) < 4.78 is 0. The first-order valence-electron chi connectivity index (χ1n) is 7.52. The van der Waals surface area contributed by atoms with Crippen molar-refractivity contribution in [2.45, 2.75) is 20.0 Å². The van der Waals surface area contributed by atoms with Crippen LogP contribution in [0, 0.1) is 6.92 Å². The van der Waals surface area contributed by atoms with Gasteiger partial charge in [-0.25, -0.2) is 0 Å². The predicted molar refractivity (Wildman–Crippen MR) is 97.2 cm³/mol. The maximum absolute atomic E-state index is 5.35. The number of benzene rings is 2. The number of para-hydroxylation sites is 1. The van der Waals surface area contributed by atoms with Gasteiger partial charge >= 0.3 is 0 Å². The van der Waals surface area contributed by atoms with Crippen LogP contribution in [-0.2, 0) is 13.1 Å². The Hall–Kier alpha value is -1.91. The van der Waals surface area contributed by atoms with Gasteiger partial charge in [0.15, 0.2) is 5.11 Å². The highest BCUT2D eigenvalue weighted by Crippen LogP contribution is 2.12. The Morgan fingerprint density at radius 2 is 1.64 bits per heavy atom. The van der Waals surface area contributed by atoms with Gasteiger partial charge in [0.25, 0.3) is 0 Å². The van der Waals surface area contributed by atoms with Crippen LogP contribution in [0.3, 0.4) is 0 Å². The van der Waals surface area contributed by atoms with Crippen molar-refractivity contribution in [3.63, 3.8) is 0 Å². The molecule has 0 heterocycles. The molecule has 0 aliphatic carbocycles. The number of hydrogen-bond acceptors (Lipinski definition) is 1. The van der Waals surface area contributed by atoms with Crippen molar-refractivity contribution in [1.29, 1.82) is 0 Å². The Kier molecular flexibility index (Phi) is 5.92. The van der Waals surface area contributed by atoms with Crippen LogP contribution in [0.15, 0.2) is 48.5 Å². The molecule has 0 aliphatic rings. The predicted octanol–water partition coefficient (Wildman–Crippen LogP) is 2.13. The molecule has 4 heteroatoms. The van der Waals surface area contributed by atoms with E-state index in [0.717, 1.165) is 18.8 Å². The van der Waals surface area contributed by atoms with Crippen LogP contribution >= 0.6 is 12.2 Å². The van der Waals surface area contributed by atoms with Crippen molar-refractivity contribution in [2.75, 3.05) is 19.4 Å². The molecule has 0 radical (unpaired) electrons. The van der Waals surface area contributed by atoms with Gasteiger partial charge in [0.05, 0.1) is 14.1 Å². The van der Waals surface area contributed by atoms with E-state index in [0.29, 0.717) is 5.11 Å². The highest BCUT2D eigenvalue weighted by Gasteiger charge is 2.02. The number of aryl methyl sites for hydroxylation is 1. The first kappa shape index (κ1) is 16.5. The van der Waals surface area contributed by atoms with E-state index in [-0.39, 0.29) is 0 Å². The number of rotatable bonds is 5. The third-order valence-electron chi connectivity index (χ3n) is 3.43. The molecule has 2 aromatic rings. The summed E-state index contributed by atoms with van der Waals surface area (Å²) >= 11 is 5.35. The summed E-state index contributed by atoms with van der Waals surface area (Å²) in [4.78, 5) is 1.43. The summed E-state index contributed by atoms with van der Waals surface area (Å²) in [6.45, 7) is 3.84. The molecule has 0 unspecified atom stereocenters. The molecule has 3 nitrogen and oxygen atoms in total. The van der Waals surface area contributed by atoms with Gasteiger partial charge in [-0.15, -0.1) is 0 Å². The minimum Gasteiger partial charge on any atom is -0.358 e. The summed E-state index contributed by atoms with van der Waals surface area (Å²) in [6, 6.07) is 16.8. The molecule has 0 fully saturated rings. The molecular weight excluding hydrogens is 290 g/mol. The molecule has 0 amide bonds. The van der Waals surface area contributed by atoms with Crippen LogP contribution in [0.1, 0.15) is 16.7 Å². The van der Waals surface area contributed by atoms with Gasteiger partial charge in [0.2, 0.25) is 0 Å². The molecule has 2 rings (SSSR count). The van der Waals surface area contributed by atoms with Crippen molar-refractivity contribution < 1.29 is 4.90 Å². The smallest absolute Gasteiger partial charge is 0.171 e. The van der Waals surface area contributed by atoms with Gasteiger partial charge in [0, 0.05) is 17.8 Å². The number of anilines is 1. The fraction of sp³-hybridized carbons (Fsp3) is 0.278. The second-order valence-electron chi connectivity index (χ2n) is 5.82. The first-order valence-corrected chi connectivity index (χ1v) is 7.93. The Balaban J connectivity index is 1.85. The molecule has 22 heavy (non-hydrogen) atoms. The van der Waals surface area contributed by atoms with Gasteiger partial charge in [-0.2, -0.15) is 0 Å². The molecule has 0 aromatic heterocycles. The average molecular weight is 314 g/mol. The third-order valence-corrected chi connectivity index (χ3v) is 3.67. The number of hydrogen-bond donors (Lipinski definition) is 3. The minimum absolute atomic E-state index is 0.649. The molecule has 0 saturated heterocycles. The first-order chi connectivity index (χ1) is 10.5. The Morgan fingerprint density at radius 1 is 1.00 bits per heavy atom. The number of quaternary nitrogens is 1. The van der Waals surface area contributed by atoms with E-state index < -0.39 is 0 Å². The topological polar surface area (TPSA) is 28.5 Å². The maximum Gasteiger partial charge on any atom is 0.171 e. The monoisotopic (exact) mass is 314 g/mol. The third kappa shape index (κ3) is 5.13. The molecule has 0 bridgehead atoms. The molecule has 0 aliphatic heterocycles. The van der Waals surface area contributed by atoms with Crippen LogP contribution in [0.25, 0.3) is 0 Å². The minimum atomic E-state index is 0.649. The lowest BCUT2D eigenvalue weighted by atomic mass is 10.1. The fourth-order valence-electron chi connectivity index (χ4n) is 2.25. The second kappa shape index (κ2) is 7.92. The van der Waals surface area contributed by atoms with Crippen molar-refractivity contribution in [3.05, 3.63) is 65.2 Å². The SMILES string of the molecule is Cc1ccccc1NC(=S)NCc1ccc(C[NH+](C)C)cc1. The average Bonchev–Trinajstić information content (AvgIpc) is 2.48. The van der Waals surface area contributed by atoms with E-state index in [2.05, 4.69) is 62.0 Å². The second-order valence-corrected chi connectivity index (χ2v) is 6.23. The summed E-state index contributed by atoms with van der Waals surface area (Å²) in [6.07, 6.45) is 0. The summed E-state index contributed by atoms with van der Waals surface area (Å²) in [5, 5.41) is 7.13. The zero-order valence-electron chi connectivity index (χ0n) is 13.4. The normalized spacial score (nSPS) is 10.5. The zero-order valence-corrected chi connectivity index (χ0v) is 14.3. The van der Waals surface area contributed by atoms with Crippen LogP contribution in [0.5, 0.6) is 0 Å². The van der Waals surface area contributed by atoms with Gasteiger partial charge in [-0.05, 0) is 36.3 Å².